The van der Waals surface area contributed by atoms with Crippen molar-refractivity contribution in [3.05, 3.63) is 57.7 Å². The van der Waals surface area contributed by atoms with Crippen molar-refractivity contribution in [2.75, 3.05) is 0 Å². The maximum atomic E-state index is 12.0. The van der Waals surface area contributed by atoms with Crippen LogP contribution in [-0.4, -0.2) is 28.8 Å². The van der Waals surface area contributed by atoms with Crippen LogP contribution in [0.3, 0.4) is 0 Å². The third-order valence-corrected chi connectivity index (χ3v) is 7.49. The summed E-state index contributed by atoms with van der Waals surface area (Å²) in [5, 5.41) is 12.0. The van der Waals surface area contributed by atoms with Crippen LogP contribution < -0.4 is 5.32 Å². The molecule has 0 aliphatic carbocycles. The summed E-state index contributed by atoms with van der Waals surface area (Å²) in [4.78, 5) is 50.2. The average molecular weight is 619 g/mol. The molecule has 1 N–H and O–H groups in total. The number of hydrogen-bond acceptors (Lipinski definition) is 7. The number of hydrogen-bond donors (Lipinski definition) is 1. The zero-order chi connectivity index (χ0) is 33.0. The van der Waals surface area contributed by atoms with Crippen molar-refractivity contribution in [1.82, 2.24) is 5.32 Å². The number of unbranched alkanes of at least 4 members (excludes halogenated alkanes) is 6. The molecular weight excluding hydrogens is 560 g/mol. The monoisotopic (exact) mass is 618 g/mol. The van der Waals surface area contributed by atoms with E-state index in [-0.39, 0.29) is 19.1 Å². The molecule has 0 heterocycles. The van der Waals surface area contributed by atoms with E-state index in [1.165, 1.54) is 51.4 Å². The highest BCUT2D eigenvalue weighted by Crippen LogP contribution is 2.19. The third-order valence-electron chi connectivity index (χ3n) is 7.49. The zero-order valence-corrected chi connectivity index (χ0v) is 27.9. The number of ketones is 1. The van der Waals surface area contributed by atoms with E-state index in [9.17, 15) is 24.5 Å². The lowest BCUT2D eigenvalue weighted by molar-refractivity contribution is -0.763. The van der Waals surface area contributed by atoms with E-state index < -0.39 is 17.1 Å². The first-order chi connectivity index (χ1) is 21.2. The quantitative estimate of drug-likeness (QED) is 0.0404. The maximum Gasteiger partial charge on any atom is 0.328 e. The second-order valence-electron chi connectivity index (χ2n) is 11.3. The Morgan fingerprint density at radius 3 is 2.16 bits per heavy atom. The number of carbonyl (C=O) groups is 3. The van der Waals surface area contributed by atoms with Crippen LogP contribution in [0, 0.1) is 16.0 Å². The Morgan fingerprint density at radius 2 is 1.55 bits per heavy atom. The summed E-state index contributed by atoms with van der Waals surface area (Å²) < 4.78 is 5.19. The van der Waals surface area contributed by atoms with Crippen LogP contribution in [0.25, 0.3) is 0 Å². The topological polar surface area (TPSA) is 125 Å². The molecule has 2 unspecified atom stereocenters. The molecule has 0 aliphatic rings. The van der Waals surface area contributed by atoms with E-state index in [1.807, 2.05) is 19.1 Å². The molecular formula is C35H58N2O7. The normalized spacial score (nSPS) is 12.1. The predicted molar refractivity (Wildman–Crippen MR) is 175 cm³/mol. The van der Waals surface area contributed by atoms with Gasteiger partial charge in [0.25, 0.3) is 5.09 Å². The van der Waals surface area contributed by atoms with E-state index >= 15 is 0 Å². The molecule has 2 atom stereocenters. The van der Waals surface area contributed by atoms with Gasteiger partial charge in [0.2, 0.25) is 5.91 Å². The molecule has 1 aromatic carbocycles. The molecule has 9 nitrogen and oxygen atoms in total. The summed E-state index contributed by atoms with van der Waals surface area (Å²) in [7, 11) is 0. The van der Waals surface area contributed by atoms with Gasteiger partial charge in [0.1, 0.15) is 25.0 Å². The van der Waals surface area contributed by atoms with Gasteiger partial charge >= 0.3 is 5.97 Å². The molecule has 0 radical (unpaired) electrons. The van der Waals surface area contributed by atoms with Gasteiger partial charge in [0.05, 0.1) is 0 Å². The van der Waals surface area contributed by atoms with Gasteiger partial charge in [-0.2, -0.15) is 0 Å². The van der Waals surface area contributed by atoms with Crippen LogP contribution in [0.5, 0.6) is 0 Å². The van der Waals surface area contributed by atoms with E-state index in [1.54, 1.807) is 31.2 Å². The van der Waals surface area contributed by atoms with E-state index in [0.29, 0.717) is 29.8 Å². The molecule has 0 aromatic heterocycles. The Balaban J connectivity index is 0.000000902. The summed E-state index contributed by atoms with van der Waals surface area (Å²) in [6.45, 7) is 9.92. The second-order valence-corrected chi connectivity index (χ2v) is 11.3. The van der Waals surface area contributed by atoms with Crippen molar-refractivity contribution in [3.8, 4) is 0 Å². The first-order valence-electron chi connectivity index (χ1n) is 16.6. The Morgan fingerprint density at radius 1 is 0.886 bits per heavy atom. The SMILES string of the molecule is C/C=C\CCCC(=O)NC(C)C(=O)OCc1ccccc1CO[N+](=O)[O-].CCCCCCCC(=O)CCC(CC)CCCC. The van der Waals surface area contributed by atoms with Crippen LogP contribution in [0.2, 0.25) is 0 Å². The summed E-state index contributed by atoms with van der Waals surface area (Å²) in [5.74, 6) is 0.506. The lowest BCUT2D eigenvalue weighted by Crippen LogP contribution is -2.39. The van der Waals surface area contributed by atoms with E-state index in [2.05, 4.69) is 30.9 Å². The van der Waals surface area contributed by atoms with E-state index in [4.69, 9.17) is 4.74 Å². The van der Waals surface area contributed by atoms with Crippen molar-refractivity contribution in [2.24, 2.45) is 5.92 Å². The Labute approximate surface area is 265 Å². The smallest absolute Gasteiger partial charge is 0.328 e. The fourth-order valence-electron chi connectivity index (χ4n) is 4.62. The van der Waals surface area contributed by atoms with Crippen LogP contribution in [0.15, 0.2) is 36.4 Å². The molecule has 9 heteroatoms. The maximum absolute atomic E-state index is 12.0. The number of rotatable bonds is 24. The summed E-state index contributed by atoms with van der Waals surface area (Å²) in [5.41, 5.74) is 1.16. The lowest BCUT2D eigenvalue weighted by atomic mass is 9.92. The Bertz CT molecular complexity index is 964. The average Bonchev–Trinajstić information content (AvgIpc) is 3.01. The molecule has 0 fully saturated rings. The first kappa shape index (κ1) is 40.8. The van der Waals surface area contributed by atoms with Gasteiger partial charge in [-0.05, 0) is 56.6 Å². The molecule has 1 aromatic rings. The minimum atomic E-state index is -0.878. The first-order valence-corrected chi connectivity index (χ1v) is 16.6. The van der Waals surface area contributed by atoms with Gasteiger partial charge in [-0.15, -0.1) is 10.1 Å². The molecule has 0 aliphatic heterocycles. The van der Waals surface area contributed by atoms with Crippen LogP contribution >= 0.6 is 0 Å². The van der Waals surface area contributed by atoms with Gasteiger partial charge < -0.3 is 14.9 Å². The van der Waals surface area contributed by atoms with Gasteiger partial charge in [-0.25, -0.2) is 4.79 Å². The van der Waals surface area contributed by atoms with Crippen molar-refractivity contribution < 1.29 is 29.0 Å². The second kappa shape index (κ2) is 27.3. The summed E-state index contributed by atoms with van der Waals surface area (Å²) in [6, 6.07) is 6.01. The molecule has 0 bridgehead atoms. The van der Waals surface area contributed by atoms with Crippen molar-refractivity contribution in [1.29, 1.82) is 0 Å². The number of Topliss-reactive ketones (excluding diaryl/α,β-unsaturated/α-hetero) is 1. The highest BCUT2D eigenvalue weighted by molar-refractivity contribution is 5.84. The third kappa shape index (κ3) is 22.3. The van der Waals surface area contributed by atoms with Crippen LogP contribution in [0.1, 0.15) is 142 Å². The van der Waals surface area contributed by atoms with Crippen molar-refractivity contribution in [3.63, 3.8) is 0 Å². The molecule has 250 valence electrons. The molecule has 1 amide bonds. The number of nitrogens with zero attached hydrogens (tertiary/aromatic N) is 1. The van der Waals surface area contributed by atoms with Gasteiger partial charge in [-0.1, -0.05) is 109 Å². The highest BCUT2D eigenvalue weighted by atomic mass is 16.9. The molecule has 0 saturated carbocycles. The highest BCUT2D eigenvalue weighted by Gasteiger charge is 2.17. The van der Waals surface area contributed by atoms with Crippen molar-refractivity contribution >= 4 is 17.7 Å². The number of benzene rings is 1. The minimum absolute atomic E-state index is 0.0580. The van der Waals surface area contributed by atoms with Gasteiger partial charge in [0.15, 0.2) is 0 Å². The molecule has 44 heavy (non-hydrogen) atoms. The molecule has 1 rings (SSSR count). The predicted octanol–water partition coefficient (Wildman–Crippen LogP) is 8.60. The number of carbonyl (C=O) groups excluding carboxylic acids is 3. The Hall–Kier alpha value is -3.23. The number of ether oxygens (including phenoxy) is 1. The molecule has 0 saturated heterocycles. The Kier molecular flexibility index (Phi) is 25.3. The molecule has 0 spiro atoms. The van der Waals surface area contributed by atoms with Gasteiger partial charge in [-0.3, -0.25) is 9.59 Å². The largest absolute Gasteiger partial charge is 0.459 e. The number of allylic oxidation sites excluding steroid dienone is 2. The fraction of sp³-hybridized carbons (Fsp3) is 0.686. The fourth-order valence-corrected chi connectivity index (χ4v) is 4.62. The number of amides is 1. The zero-order valence-electron chi connectivity index (χ0n) is 27.9. The minimum Gasteiger partial charge on any atom is -0.459 e. The van der Waals surface area contributed by atoms with Crippen molar-refractivity contribution in [2.45, 2.75) is 150 Å². The van der Waals surface area contributed by atoms with E-state index in [0.717, 1.165) is 38.0 Å². The van der Waals surface area contributed by atoms with Crippen LogP contribution in [0.4, 0.5) is 0 Å². The van der Waals surface area contributed by atoms with Gasteiger partial charge in [0, 0.05) is 19.3 Å². The van der Waals surface area contributed by atoms with Crippen LogP contribution in [-0.2, 0) is 37.2 Å². The summed E-state index contributed by atoms with van der Waals surface area (Å²) in [6.07, 6.45) is 20.0. The lowest BCUT2D eigenvalue weighted by Gasteiger charge is -2.14. The number of nitrogens with one attached hydrogen (secondary N) is 1. The standard InChI is InChI=1S/C18H24N2O6.C17H34O/c1-3-4-5-6-11-17(21)19-14(2)18(22)25-12-15-9-7-8-10-16(15)13-26-20(23)24;1-4-7-9-10-11-13-17(18)15-14-16(6-3)12-8-5-2/h3-4,7-10,14H,5-6,11-13H2,1-2H3,(H,19,21);16H,4-15H2,1-3H3/b4-3-;. The number of esters is 1. The summed E-state index contributed by atoms with van der Waals surface area (Å²) >= 11 is 0.